The molecule has 0 aromatic heterocycles. The lowest BCUT2D eigenvalue weighted by molar-refractivity contribution is 0.0935. The highest BCUT2D eigenvalue weighted by Gasteiger charge is 2.23. The number of nitrogens with one attached hydrogen (secondary N) is 1. The van der Waals surface area contributed by atoms with Gasteiger partial charge in [0.15, 0.2) is 0 Å². The average Bonchev–Trinajstić information content (AvgIpc) is 2.66. The average molecular weight is 453 g/mol. The number of rotatable bonds is 7. The first-order chi connectivity index (χ1) is 12.7. The predicted molar refractivity (Wildman–Crippen MR) is 111 cm³/mol. The zero-order valence-corrected chi connectivity index (χ0v) is 18.3. The Bertz CT molecular complexity index is 878. The number of benzene rings is 2. The predicted octanol–water partition coefficient (Wildman–Crippen LogP) is 4.36. The molecule has 1 atom stereocenters. The lowest BCUT2D eigenvalue weighted by Gasteiger charge is -2.21. The van der Waals surface area contributed by atoms with Crippen molar-refractivity contribution in [2.24, 2.45) is 0 Å². The lowest BCUT2D eigenvalue weighted by atomic mass is 10.0. The van der Waals surface area contributed by atoms with Gasteiger partial charge in [-0.2, -0.15) is 4.31 Å². The summed E-state index contributed by atoms with van der Waals surface area (Å²) in [6, 6.07) is 13.6. The minimum absolute atomic E-state index is 0.110. The second kappa shape index (κ2) is 8.99. The van der Waals surface area contributed by atoms with Crippen LogP contribution >= 0.6 is 15.9 Å². The van der Waals surface area contributed by atoms with E-state index in [0.717, 1.165) is 16.5 Å². The molecule has 0 spiro atoms. The highest BCUT2D eigenvalue weighted by Crippen LogP contribution is 2.21. The standard InChI is InChI=1S/C20H25BrN2O3S/c1-5-19(15-6-10-17(21)11-7-15)22-20(24)16-8-12-18(13-9-16)27(25,26)23(4)14(2)3/h6-14,19H,5H2,1-4H3,(H,22,24). The van der Waals surface area contributed by atoms with E-state index in [1.165, 1.54) is 16.4 Å². The van der Waals surface area contributed by atoms with Crippen molar-refractivity contribution in [3.63, 3.8) is 0 Å². The normalized spacial score (nSPS) is 13.0. The van der Waals surface area contributed by atoms with E-state index in [4.69, 9.17) is 0 Å². The molecule has 0 heterocycles. The number of halogens is 1. The van der Waals surface area contributed by atoms with E-state index in [0.29, 0.717) is 5.56 Å². The minimum atomic E-state index is -3.56. The SMILES string of the molecule is CCC(NC(=O)c1ccc(S(=O)(=O)N(C)C(C)C)cc1)c1ccc(Br)cc1. The molecular formula is C20H25BrN2O3S. The molecule has 0 fully saturated rings. The Hall–Kier alpha value is -1.70. The highest BCUT2D eigenvalue weighted by molar-refractivity contribution is 9.10. The van der Waals surface area contributed by atoms with Gasteiger partial charge in [0, 0.05) is 23.1 Å². The summed E-state index contributed by atoms with van der Waals surface area (Å²) in [7, 11) is -2.01. The van der Waals surface area contributed by atoms with Crippen LogP contribution in [0.3, 0.4) is 0 Å². The van der Waals surface area contributed by atoms with Crippen LogP contribution in [0.2, 0.25) is 0 Å². The highest BCUT2D eigenvalue weighted by atomic mass is 79.9. The van der Waals surface area contributed by atoms with Crippen LogP contribution in [0.15, 0.2) is 57.9 Å². The quantitative estimate of drug-likeness (QED) is 0.678. The van der Waals surface area contributed by atoms with E-state index in [9.17, 15) is 13.2 Å². The third-order valence-corrected chi connectivity index (χ3v) is 7.08. The fourth-order valence-corrected chi connectivity index (χ4v) is 4.21. The fourth-order valence-electron chi connectivity index (χ4n) is 2.58. The van der Waals surface area contributed by atoms with Crippen molar-refractivity contribution in [3.8, 4) is 0 Å². The number of nitrogens with zero attached hydrogens (tertiary/aromatic N) is 1. The number of amides is 1. The number of hydrogen-bond acceptors (Lipinski definition) is 3. The Morgan fingerprint density at radius 2 is 1.63 bits per heavy atom. The molecule has 0 radical (unpaired) electrons. The van der Waals surface area contributed by atoms with E-state index in [-0.39, 0.29) is 22.9 Å². The molecule has 1 unspecified atom stereocenters. The summed E-state index contributed by atoms with van der Waals surface area (Å²) in [6.07, 6.45) is 0.749. The molecule has 2 aromatic rings. The molecule has 2 rings (SSSR count). The van der Waals surface area contributed by atoms with Gasteiger partial charge in [0.05, 0.1) is 10.9 Å². The maximum atomic E-state index is 12.6. The molecule has 0 saturated carbocycles. The molecule has 0 bridgehead atoms. The zero-order chi connectivity index (χ0) is 20.2. The van der Waals surface area contributed by atoms with Gasteiger partial charge in [0.1, 0.15) is 0 Å². The van der Waals surface area contributed by atoms with Crippen molar-refractivity contribution < 1.29 is 13.2 Å². The Labute approximate surface area is 170 Å². The summed E-state index contributed by atoms with van der Waals surface area (Å²) in [5.74, 6) is -0.231. The van der Waals surface area contributed by atoms with Gasteiger partial charge in [0.2, 0.25) is 10.0 Å². The fraction of sp³-hybridized carbons (Fsp3) is 0.350. The van der Waals surface area contributed by atoms with Gasteiger partial charge in [-0.15, -0.1) is 0 Å². The van der Waals surface area contributed by atoms with Crippen LogP contribution in [0.25, 0.3) is 0 Å². The zero-order valence-electron chi connectivity index (χ0n) is 15.9. The number of carbonyl (C=O) groups is 1. The number of hydrogen-bond donors (Lipinski definition) is 1. The van der Waals surface area contributed by atoms with Crippen molar-refractivity contribution >= 4 is 31.9 Å². The third kappa shape index (κ3) is 5.18. The Kier molecular flexibility index (Phi) is 7.19. The van der Waals surface area contributed by atoms with Crippen molar-refractivity contribution in [3.05, 3.63) is 64.1 Å². The van der Waals surface area contributed by atoms with E-state index in [2.05, 4.69) is 21.2 Å². The molecule has 146 valence electrons. The summed E-state index contributed by atoms with van der Waals surface area (Å²) in [6.45, 7) is 5.63. The van der Waals surface area contributed by atoms with Gasteiger partial charge in [-0.3, -0.25) is 4.79 Å². The van der Waals surface area contributed by atoms with E-state index in [1.54, 1.807) is 19.2 Å². The molecule has 7 heteroatoms. The summed E-state index contributed by atoms with van der Waals surface area (Å²) in [4.78, 5) is 12.8. The minimum Gasteiger partial charge on any atom is -0.345 e. The molecule has 0 aliphatic carbocycles. The van der Waals surface area contributed by atoms with Crippen molar-refractivity contribution in [1.82, 2.24) is 9.62 Å². The largest absolute Gasteiger partial charge is 0.345 e. The summed E-state index contributed by atoms with van der Waals surface area (Å²) in [5.41, 5.74) is 1.45. The second-order valence-corrected chi connectivity index (χ2v) is 9.54. The maximum Gasteiger partial charge on any atom is 0.251 e. The van der Waals surface area contributed by atoms with Gasteiger partial charge < -0.3 is 5.32 Å². The van der Waals surface area contributed by atoms with Crippen LogP contribution in [0.5, 0.6) is 0 Å². The first-order valence-corrected chi connectivity index (χ1v) is 11.0. The monoisotopic (exact) mass is 452 g/mol. The summed E-state index contributed by atoms with van der Waals surface area (Å²) < 4.78 is 27.3. The summed E-state index contributed by atoms with van der Waals surface area (Å²) >= 11 is 3.41. The van der Waals surface area contributed by atoms with Gasteiger partial charge in [-0.1, -0.05) is 35.0 Å². The molecule has 2 aromatic carbocycles. The van der Waals surface area contributed by atoms with Gasteiger partial charge >= 0.3 is 0 Å². The van der Waals surface area contributed by atoms with Crippen molar-refractivity contribution in [2.45, 2.75) is 44.2 Å². The van der Waals surface area contributed by atoms with Crippen LogP contribution in [0.4, 0.5) is 0 Å². The van der Waals surface area contributed by atoms with Gasteiger partial charge in [-0.05, 0) is 62.2 Å². The van der Waals surface area contributed by atoms with Crippen LogP contribution < -0.4 is 5.32 Å². The number of carbonyl (C=O) groups excluding carboxylic acids is 1. The van der Waals surface area contributed by atoms with E-state index < -0.39 is 10.0 Å². The lowest BCUT2D eigenvalue weighted by Crippen LogP contribution is -2.33. The van der Waals surface area contributed by atoms with Crippen LogP contribution in [0, 0.1) is 0 Å². The molecule has 5 nitrogen and oxygen atoms in total. The van der Waals surface area contributed by atoms with Gasteiger partial charge in [0.25, 0.3) is 5.91 Å². The van der Waals surface area contributed by atoms with Gasteiger partial charge in [-0.25, -0.2) is 8.42 Å². The van der Waals surface area contributed by atoms with Crippen molar-refractivity contribution in [2.75, 3.05) is 7.05 Å². The van der Waals surface area contributed by atoms with E-state index >= 15 is 0 Å². The topological polar surface area (TPSA) is 66.5 Å². The maximum absolute atomic E-state index is 12.6. The number of sulfonamides is 1. The molecule has 0 aliphatic heterocycles. The third-order valence-electron chi connectivity index (χ3n) is 4.51. The molecule has 27 heavy (non-hydrogen) atoms. The smallest absolute Gasteiger partial charge is 0.251 e. The van der Waals surface area contributed by atoms with E-state index in [1.807, 2.05) is 45.0 Å². The summed E-state index contributed by atoms with van der Waals surface area (Å²) in [5, 5.41) is 3.00. The first-order valence-electron chi connectivity index (χ1n) is 8.81. The van der Waals surface area contributed by atoms with Crippen LogP contribution in [-0.4, -0.2) is 31.7 Å². The van der Waals surface area contributed by atoms with Crippen molar-refractivity contribution in [1.29, 1.82) is 0 Å². The molecule has 1 N–H and O–H groups in total. The van der Waals surface area contributed by atoms with Crippen LogP contribution in [-0.2, 0) is 10.0 Å². The Morgan fingerprint density at radius 1 is 1.07 bits per heavy atom. The Morgan fingerprint density at radius 3 is 2.11 bits per heavy atom. The second-order valence-electron chi connectivity index (χ2n) is 6.63. The first kappa shape index (κ1) is 21.6. The molecule has 0 aliphatic rings. The van der Waals surface area contributed by atoms with Crippen LogP contribution in [0.1, 0.15) is 49.2 Å². The molecular weight excluding hydrogens is 428 g/mol. The molecule has 1 amide bonds. The molecule has 0 saturated heterocycles. The Balaban J connectivity index is 2.16.